The summed E-state index contributed by atoms with van der Waals surface area (Å²) < 4.78 is 11.6. The van der Waals surface area contributed by atoms with Crippen LogP contribution in [0, 0.1) is 0 Å². The van der Waals surface area contributed by atoms with Crippen LogP contribution < -0.4 is 15.2 Å². The molecule has 0 radical (unpaired) electrons. The zero-order valence-corrected chi connectivity index (χ0v) is 12.0. The first-order valence-electron chi connectivity index (χ1n) is 5.16. The van der Waals surface area contributed by atoms with Crippen molar-refractivity contribution in [3.05, 3.63) is 45.9 Å². The van der Waals surface area contributed by atoms with E-state index >= 15 is 0 Å². The van der Waals surface area contributed by atoms with E-state index in [-0.39, 0.29) is 0 Å². The van der Waals surface area contributed by atoms with Crippen molar-refractivity contribution >= 4 is 33.2 Å². The lowest BCUT2D eigenvalue weighted by Gasteiger charge is -2.11. The van der Waals surface area contributed by atoms with Crippen molar-refractivity contribution in [2.75, 3.05) is 12.8 Å². The summed E-state index contributed by atoms with van der Waals surface area (Å²) in [6.45, 7) is 0. The average molecular weight is 329 g/mol. The van der Waals surface area contributed by atoms with E-state index < -0.39 is 0 Å². The highest BCUT2D eigenvalue weighted by atomic mass is 79.9. The molecule has 0 saturated heterocycles. The summed E-state index contributed by atoms with van der Waals surface area (Å²) in [6, 6.07) is 10.6. The molecule has 0 aliphatic carbocycles. The summed E-state index contributed by atoms with van der Waals surface area (Å²) in [4.78, 5) is 0. The van der Waals surface area contributed by atoms with E-state index in [2.05, 4.69) is 15.9 Å². The number of halogens is 2. The van der Waals surface area contributed by atoms with Crippen LogP contribution in [-0.2, 0) is 0 Å². The van der Waals surface area contributed by atoms with E-state index in [0.717, 1.165) is 4.47 Å². The highest BCUT2D eigenvalue weighted by Gasteiger charge is 2.07. The molecule has 0 spiro atoms. The molecule has 0 aliphatic heterocycles. The number of rotatable bonds is 3. The van der Waals surface area contributed by atoms with Gasteiger partial charge >= 0.3 is 0 Å². The van der Waals surface area contributed by atoms with Crippen LogP contribution in [0.3, 0.4) is 0 Å². The maximum atomic E-state index is 6.05. The van der Waals surface area contributed by atoms with Crippen molar-refractivity contribution in [2.45, 2.75) is 0 Å². The molecule has 0 unspecified atom stereocenters. The Morgan fingerprint density at radius 1 is 1.11 bits per heavy atom. The summed E-state index contributed by atoms with van der Waals surface area (Å²) in [7, 11) is 1.58. The Hall–Kier alpha value is -1.39. The standard InChI is InChI=1S/C13H11BrClNO2/c1-17-9-3-5-12(11(16)7-9)18-13-6-8(14)2-4-10(13)15/h2-7H,16H2,1H3. The Morgan fingerprint density at radius 2 is 1.89 bits per heavy atom. The molecular weight excluding hydrogens is 318 g/mol. The Morgan fingerprint density at radius 3 is 2.56 bits per heavy atom. The van der Waals surface area contributed by atoms with Gasteiger partial charge in [-0.05, 0) is 30.3 Å². The second-order valence-electron chi connectivity index (χ2n) is 3.58. The van der Waals surface area contributed by atoms with Crippen molar-refractivity contribution < 1.29 is 9.47 Å². The highest BCUT2D eigenvalue weighted by molar-refractivity contribution is 9.10. The lowest BCUT2D eigenvalue weighted by Crippen LogP contribution is -1.94. The number of nitrogen functional groups attached to an aromatic ring is 1. The first kappa shape index (κ1) is 13.1. The van der Waals surface area contributed by atoms with Gasteiger partial charge in [0.05, 0.1) is 17.8 Å². The highest BCUT2D eigenvalue weighted by Crippen LogP contribution is 2.35. The minimum atomic E-state index is 0.491. The number of hydrogen-bond acceptors (Lipinski definition) is 3. The molecule has 0 amide bonds. The van der Waals surface area contributed by atoms with Gasteiger partial charge in [-0.3, -0.25) is 0 Å². The van der Waals surface area contributed by atoms with Crippen molar-refractivity contribution in [3.8, 4) is 17.2 Å². The van der Waals surface area contributed by atoms with Crippen LogP contribution in [0.1, 0.15) is 0 Å². The van der Waals surface area contributed by atoms with Gasteiger partial charge in [-0.1, -0.05) is 27.5 Å². The predicted octanol–water partition coefficient (Wildman–Crippen LogP) is 4.49. The molecule has 18 heavy (non-hydrogen) atoms. The molecule has 94 valence electrons. The first-order chi connectivity index (χ1) is 8.60. The van der Waals surface area contributed by atoms with Crippen molar-refractivity contribution in [3.63, 3.8) is 0 Å². The van der Waals surface area contributed by atoms with Crippen molar-refractivity contribution in [1.29, 1.82) is 0 Å². The molecule has 0 heterocycles. The molecule has 0 fully saturated rings. The Balaban J connectivity index is 2.31. The van der Waals surface area contributed by atoms with Crippen LogP contribution in [0.5, 0.6) is 17.2 Å². The van der Waals surface area contributed by atoms with E-state index in [0.29, 0.717) is 28.0 Å². The predicted molar refractivity (Wildman–Crippen MR) is 76.6 cm³/mol. The monoisotopic (exact) mass is 327 g/mol. The molecular formula is C13H11BrClNO2. The topological polar surface area (TPSA) is 44.5 Å². The van der Waals surface area contributed by atoms with E-state index in [9.17, 15) is 0 Å². The molecule has 5 heteroatoms. The molecule has 0 saturated carbocycles. The van der Waals surface area contributed by atoms with Gasteiger partial charge in [-0.25, -0.2) is 0 Å². The summed E-state index contributed by atoms with van der Waals surface area (Å²) >= 11 is 9.41. The van der Waals surface area contributed by atoms with Gasteiger partial charge < -0.3 is 15.2 Å². The molecule has 0 atom stereocenters. The third kappa shape index (κ3) is 2.89. The van der Waals surface area contributed by atoms with Crippen molar-refractivity contribution in [2.24, 2.45) is 0 Å². The normalized spacial score (nSPS) is 10.2. The van der Waals surface area contributed by atoms with Crippen LogP contribution in [0.15, 0.2) is 40.9 Å². The lowest BCUT2D eigenvalue weighted by molar-refractivity contribution is 0.413. The van der Waals surface area contributed by atoms with Gasteiger partial charge in [0.1, 0.15) is 11.5 Å². The molecule has 2 rings (SSSR count). The van der Waals surface area contributed by atoms with Crippen LogP contribution in [0.25, 0.3) is 0 Å². The Bertz CT molecular complexity index is 575. The average Bonchev–Trinajstić information content (AvgIpc) is 2.36. The van der Waals surface area contributed by atoms with Crippen LogP contribution in [-0.4, -0.2) is 7.11 Å². The number of ether oxygens (including phenoxy) is 2. The first-order valence-corrected chi connectivity index (χ1v) is 6.33. The number of benzene rings is 2. The molecule has 0 aromatic heterocycles. The smallest absolute Gasteiger partial charge is 0.150 e. The quantitative estimate of drug-likeness (QED) is 0.845. The third-order valence-electron chi connectivity index (χ3n) is 2.33. The summed E-state index contributed by atoms with van der Waals surface area (Å²) in [5, 5.41) is 0.522. The maximum Gasteiger partial charge on any atom is 0.150 e. The summed E-state index contributed by atoms with van der Waals surface area (Å²) in [5.74, 6) is 1.76. The van der Waals surface area contributed by atoms with Gasteiger partial charge in [-0.15, -0.1) is 0 Å². The number of hydrogen-bond donors (Lipinski definition) is 1. The van der Waals surface area contributed by atoms with E-state index in [1.165, 1.54) is 0 Å². The molecule has 0 aliphatic rings. The maximum absolute atomic E-state index is 6.05. The van der Waals surface area contributed by atoms with E-state index in [4.69, 9.17) is 26.8 Å². The Kier molecular flexibility index (Phi) is 3.99. The second-order valence-corrected chi connectivity index (χ2v) is 4.90. The van der Waals surface area contributed by atoms with E-state index in [1.54, 1.807) is 37.4 Å². The fourth-order valence-electron chi connectivity index (χ4n) is 1.42. The molecule has 2 N–H and O–H groups in total. The zero-order chi connectivity index (χ0) is 13.1. The number of anilines is 1. The lowest BCUT2D eigenvalue weighted by atomic mass is 10.2. The summed E-state index contributed by atoms with van der Waals surface area (Å²) in [6.07, 6.45) is 0. The van der Waals surface area contributed by atoms with Crippen molar-refractivity contribution in [1.82, 2.24) is 0 Å². The third-order valence-corrected chi connectivity index (χ3v) is 3.14. The number of methoxy groups -OCH3 is 1. The second kappa shape index (κ2) is 5.50. The number of nitrogens with two attached hydrogens (primary N) is 1. The molecule has 3 nitrogen and oxygen atoms in total. The molecule has 2 aromatic rings. The SMILES string of the molecule is COc1ccc(Oc2cc(Br)ccc2Cl)c(N)c1. The zero-order valence-electron chi connectivity index (χ0n) is 9.61. The van der Waals surface area contributed by atoms with Gasteiger partial charge in [0.25, 0.3) is 0 Å². The molecule has 0 bridgehead atoms. The van der Waals surface area contributed by atoms with E-state index in [1.807, 2.05) is 6.07 Å². The van der Waals surface area contributed by atoms with Gasteiger partial charge in [-0.2, -0.15) is 0 Å². The fraction of sp³-hybridized carbons (Fsp3) is 0.0769. The minimum absolute atomic E-state index is 0.491. The van der Waals surface area contributed by atoms with Crippen LogP contribution in [0.4, 0.5) is 5.69 Å². The minimum Gasteiger partial charge on any atom is -0.497 e. The van der Waals surface area contributed by atoms with Gasteiger partial charge in [0.15, 0.2) is 5.75 Å². The van der Waals surface area contributed by atoms with Crippen LogP contribution in [0.2, 0.25) is 5.02 Å². The summed E-state index contributed by atoms with van der Waals surface area (Å²) in [5.41, 5.74) is 6.36. The Labute approximate surface area is 119 Å². The van der Waals surface area contributed by atoms with Gasteiger partial charge in [0, 0.05) is 10.5 Å². The van der Waals surface area contributed by atoms with Gasteiger partial charge in [0.2, 0.25) is 0 Å². The molecule has 2 aromatic carbocycles. The fourth-order valence-corrected chi connectivity index (χ4v) is 1.92. The van der Waals surface area contributed by atoms with Crippen LogP contribution >= 0.6 is 27.5 Å². The largest absolute Gasteiger partial charge is 0.497 e.